The van der Waals surface area contributed by atoms with Gasteiger partial charge in [-0.2, -0.15) is 0 Å². The molecule has 32 heavy (non-hydrogen) atoms. The molecule has 4 aromatic rings. The summed E-state index contributed by atoms with van der Waals surface area (Å²) >= 11 is 0. The second kappa shape index (κ2) is 9.27. The van der Waals surface area contributed by atoms with Gasteiger partial charge in [-0.1, -0.05) is 38.1 Å². The second-order valence-corrected chi connectivity index (χ2v) is 8.45. The fourth-order valence-corrected chi connectivity index (χ4v) is 3.46. The smallest absolute Gasteiger partial charge is 0.262 e. The number of rotatable bonds is 7. The van der Waals surface area contributed by atoms with E-state index in [2.05, 4.69) is 36.3 Å². The van der Waals surface area contributed by atoms with Crippen molar-refractivity contribution in [3.8, 4) is 5.75 Å². The summed E-state index contributed by atoms with van der Waals surface area (Å²) in [5.41, 5.74) is 7.05. The van der Waals surface area contributed by atoms with Crippen LogP contribution in [0.2, 0.25) is 0 Å². The topological polar surface area (TPSA) is 64.4 Å². The Morgan fingerprint density at radius 2 is 1.78 bits per heavy atom. The zero-order valence-corrected chi connectivity index (χ0v) is 18.9. The van der Waals surface area contributed by atoms with Gasteiger partial charge in [0.15, 0.2) is 18.1 Å². The summed E-state index contributed by atoms with van der Waals surface area (Å²) in [6.45, 7) is 8.36. The van der Waals surface area contributed by atoms with E-state index in [1.165, 1.54) is 11.1 Å². The van der Waals surface area contributed by atoms with Crippen LogP contribution < -0.4 is 10.1 Å². The van der Waals surface area contributed by atoms with Crippen LogP contribution in [-0.2, 0) is 11.2 Å². The Morgan fingerprint density at radius 3 is 2.50 bits per heavy atom. The van der Waals surface area contributed by atoms with Crippen molar-refractivity contribution in [1.82, 2.24) is 4.98 Å². The molecule has 3 aromatic carbocycles. The number of hydrogen-bond donors (Lipinski definition) is 1. The molecular formula is C27H28N2O3. The predicted octanol–water partition coefficient (Wildman–Crippen LogP) is 6.18. The summed E-state index contributed by atoms with van der Waals surface area (Å²) in [6, 6.07) is 19.7. The minimum Gasteiger partial charge on any atom is -0.484 e. The molecule has 1 aromatic heterocycles. The maximum Gasteiger partial charge on any atom is 0.262 e. The number of hydrogen-bond acceptors (Lipinski definition) is 4. The van der Waals surface area contributed by atoms with Crippen LogP contribution in [0.3, 0.4) is 0 Å². The van der Waals surface area contributed by atoms with E-state index in [1.807, 2.05) is 62.4 Å². The first-order valence-corrected chi connectivity index (χ1v) is 10.9. The number of aryl methyl sites for hydroxylation is 2. The molecule has 0 aliphatic rings. The van der Waals surface area contributed by atoms with Crippen molar-refractivity contribution in [1.29, 1.82) is 0 Å². The van der Waals surface area contributed by atoms with E-state index in [4.69, 9.17) is 9.15 Å². The number of aromatic nitrogens is 1. The Balaban J connectivity index is 1.34. The summed E-state index contributed by atoms with van der Waals surface area (Å²) in [5.74, 6) is 1.63. The largest absolute Gasteiger partial charge is 0.484 e. The molecule has 0 aliphatic heterocycles. The van der Waals surface area contributed by atoms with Crippen molar-refractivity contribution in [3.05, 3.63) is 88.8 Å². The number of nitrogens with one attached hydrogen (secondary N) is 1. The Kier molecular flexibility index (Phi) is 6.26. The van der Waals surface area contributed by atoms with E-state index in [9.17, 15) is 4.79 Å². The zero-order chi connectivity index (χ0) is 22.7. The van der Waals surface area contributed by atoms with Crippen LogP contribution in [0, 0.1) is 13.8 Å². The predicted molar refractivity (Wildman–Crippen MR) is 127 cm³/mol. The lowest BCUT2D eigenvalue weighted by atomic mass is 10.0. The van der Waals surface area contributed by atoms with Gasteiger partial charge in [0.2, 0.25) is 0 Å². The molecule has 0 unspecified atom stereocenters. The van der Waals surface area contributed by atoms with Crippen LogP contribution in [0.25, 0.3) is 11.1 Å². The molecule has 0 bridgehead atoms. The highest BCUT2D eigenvalue weighted by Gasteiger charge is 2.10. The van der Waals surface area contributed by atoms with E-state index in [0.29, 0.717) is 24.0 Å². The summed E-state index contributed by atoms with van der Waals surface area (Å²) in [6.07, 6.45) is 0.593. The number of anilines is 1. The van der Waals surface area contributed by atoms with Gasteiger partial charge in [0.05, 0.1) is 0 Å². The molecular weight excluding hydrogens is 400 g/mol. The fraction of sp³-hybridized carbons (Fsp3) is 0.259. The van der Waals surface area contributed by atoms with Crippen molar-refractivity contribution in [2.24, 2.45) is 0 Å². The Hall–Kier alpha value is -3.60. The van der Waals surface area contributed by atoms with Gasteiger partial charge in [-0.05, 0) is 78.4 Å². The van der Waals surface area contributed by atoms with E-state index >= 15 is 0 Å². The molecule has 0 saturated heterocycles. The molecule has 1 amide bonds. The van der Waals surface area contributed by atoms with Crippen molar-refractivity contribution in [2.45, 2.75) is 40.0 Å². The standard InChI is InChI=1S/C27H28N2O3/c1-17(2)21-8-12-25-24(15-21)29-27(32-25)14-20-6-9-22(10-7-20)28-26(30)16-31-23-11-5-18(3)19(4)13-23/h5-13,15,17H,14,16H2,1-4H3,(H,28,30). The van der Waals surface area contributed by atoms with Gasteiger partial charge in [0, 0.05) is 12.1 Å². The quantitative estimate of drug-likeness (QED) is 0.382. The van der Waals surface area contributed by atoms with Crippen molar-refractivity contribution < 1.29 is 13.9 Å². The van der Waals surface area contributed by atoms with Crippen molar-refractivity contribution in [2.75, 3.05) is 11.9 Å². The lowest BCUT2D eigenvalue weighted by Crippen LogP contribution is -2.20. The Bertz CT molecular complexity index is 1240. The molecule has 4 rings (SSSR count). The maximum atomic E-state index is 12.2. The van der Waals surface area contributed by atoms with Crippen molar-refractivity contribution >= 4 is 22.7 Å². The van der Waals surface area contributed by atoms with Gasteiger partial charge >= 0.3 is 0 Å². The zero-order valence-electron chi connectivity index (χ0n) is 18.9. The minimum absolute atomic E-state index is 0.0362. The maximum absolute atomic E-state index is 12.2. The van der Waals surface area contributed by atoms with Crippen LogP contribution in [0.4, 0.5) is 5.69 Å². The second-order valence-electron chi connectivity index (χ2n) is 8.45. The highest BCUT2D eigenvalue weighted by atomic mass is 16.5. The summed E-state index contributed by atoms with van der Waals surface area (Å²) in [4.78, 5) is 16.9. The fourth-order valence-electron chi connectivity index (χ4n) is 3.46. The summed E-state index contributed by atoms with van der Waals surface area (Å²) < 4.78 is 11.5. The van der Waals surface area contributed by atoms with Gasteiger partial charge in [-0.25, -0.2) is 4.98 Å². The first-order valence-electron chi connectivity index (χ1n) is 10.9. The van der Waals surface area contributed by atoms with E-state index in [-0.39, 0.29) is 12.5 Å². The van der Waals surface area contributed by atoms with E-state index in [0.717, 1.165) is 27.9 Å². The summed E-state index contributed by atoms with van der Waals surface area (Å²) in [7, 11) is 0. The van der Waals surface area contributed by atoms with Gasteiger partial charge in [0.1, 0.15) is 11.3 Å². The van der Waals surface area contributed by atoms with Gasteiger partial charge in [-0.3, -0.25) is 4.79 Å². The van der Waals surface area contributed by atoms with Gasteiger partial charge in [-0.15, -0.1) is 0 Å². The summed E-state index contributed by atoms with van der Waals surface area (Å²) in [5, 5.41) is 2.86. The highest BCUT2D eigenvalue weighted by Crippen LogP contribution is 2.23. The molecule has 0 saturated carbocycles. The van der Waals surface area contributed by atoms with Crippen LogP contribution in [0.5, 0.6) is 5.75 Å². The number of carbonyl (C=O) groups excluding carboxylic acids is 1. The Morgan fingerprint density at radius 1 is 1.00 bits per heavy atom. The molecule has 1 heterocycles. The van der Waals surface area contributed by atoms with Crippen LogP contribution in [0.1, 0.15) is 47.9 Å². The molecule has 5 nitrogen and oxygen atoms in total. The molecule has 0 atom stereocenters. The van der Waals surface area contributed by atoms with Crippen molar-refractivity contribution in [3.63, 3.8) is 0 Å². The Labute approximate surface area is 188 Å². The van der Waals surface area contributed by atoms with Crippen LogP contribution in [0.15, 0.2) is 65.1 Å². The number of ether oxygens (including phenoxy) is 1. The third kappa shape index (κ3) is 5.17. The van der Waals surface area contributed by atoms with Crippen LogP contribution >= 0.6 is 0 Å². The SMILES string of the molecule is Cc1ccc(OCC(=O)Nc2ccc(Cc3nc4cc(C(C)C)ccc4o3)cc2)cc1C. The number of fused-ring (bicyclic) bond motifs is 1. The lowest BCUT2D eigenvalue weighted by Gasteiger charge is -2.09. The normalized spacial score (nSPS) is 11.2. The average molecular weight is 429 g/mol. The monoisotopic (exact) mass is 428 g/mol. The third-order valence-electron chi connectivity index (χ3n) is 5.56. The molecule has 0 aliphatic carbocycles. The average Bonchev–Trinajstić information content (AvgIpc) is 3.17. The third-order valence-corrected chi connectivity index (χ3v) is 5.56. The molecule has 0 fully saturated rings. The van der Waals surface area contributed by atoms with Gasteiger partial charge in [0.25, 0.3) is 5.91 Å². The number of nitrogens with zero attached hydrogens (tertiary/aromatic N) is 1. The lowest BCUT2D eigenvalue weighted by molar-refractivity contribution is -0.118. The highest BCUT2D eigenvalue weighted by molar-refractivity contribution is 5.91. The molecule has 5 heteroatoms. The number of carbonyl (C=O) groups is 1. The molecule has 164 valence electrons. The first kappa shape index (κ1) is 21.6. The first-order chi connectivity index (χ1) is 15.4. The van der Waals surface area contributed by atoms with Gasteiger partial charge < -0.3 is 14.5 Å². The molecule has 0 radical (unpaired) electrons. The number of oxazole rings is 1. The minimum atomic E-state index is -0.198. The molecule has 1 N–H and O–H groups in total. The number of benzene rings is 3. The number of amides is 1. The molecule has 0 spiro atoms. The van der Waals surface area contributed by atoms with Crippen LogP contribution in [-0.4, -0.2) is 17.5 Å². The van der Waals surface area contributed by atoms with E-state index < -0.39 is 0 Å². The van der Waals surface area contributed by atoms with E-state index in [1.54, 1.807) is 0 Å².